The second kappa shape index (κ2) is 8.35. The first-order valence-electron chi connectivity index (χ1n) is 7.63. The standard InChI is InChI=1S/C18H18ClN3O4/c1-10(23)20-14-6-12(7-15(8-14)21-11(2)24)18(25)22-13-4-5-17(26-3)16(19)9-13/h4-9H,1-3H3,(H,20,23)(H,21,24)(H,22,25). The highest BCUT2D eigenvalue weighted by Gasteiger charge is 2.12. The van der Waals surface area contributed by atoms with E-state index >= 15 is 0 Å². The molecule has 0 bridgehead atoms. The van der Waals surface area contributed by atoms with Crippen LogP contribution in [0.1, 0.15) is 24.2 Å². The molecule has 0 aliphatic heterocycles. The van der Waals surface area contributed by atoms with E-state index in [1.54, 1.807) is 24.3 Å². The van der Waals surface area contributed by atoms with Crippen molar-refractivity contribution in [2.24, 2.45) is 0 Å². The first kappa shape index (κ1) is 19.3. The van der Waals surface area contributed by atoms with Gasteiger partial charge >= 0.3 is 0 Å². The van der Waals surface area contributed by atoms with Crippen LogP contribution in [0.15, 0.2) is 36.4 Å². The van der Waals surface area contributed by atoms with Gasteiger partial charge in [-0.1, -0.05) is 11.6 Å². The molecule has 3 N–H and O–H groups in total. The van der Waals surface area contributed by atoms with E-state index in [0.717, 1.165) is 0 Å². The number of nitrogens with one attached hydrogen (secondary N) is 3. The van der Waals surface area contributed by atoms with E-state index in [0.29, 0.717) is 27.8 Å². The van der Waals surface area contributed by atoms with Crippen LogP contribution < -0.4 is 20.7 Å². The van der Waals surface area contributed by atoms with E-state index < -0.39 is 5.91 Å². The van der Waals surface area contributed by atoms with Gasteiger partial charge in [0.1, 0.15) is 5.75 Å². The molecule has 7 nitrogen and oxygen atoms in total. The maximum absolute atomic E-state index is 12.5. The Balaban J connectivity index is 2.29. The molecule has 136 valence electrons. The van der Waals surface area contributed by atoms with Crippen LogP contribution in [0.25, 0.3) is 0 Å². The van der Waals surface area contributed by atoms with Crippen molar-refractivity contribution < 1.29 is 19.1 Å². The first-order valence-corrected chi connectivity index (χ1v) is 8.01. The molecule has 3 amide bonds. The number of hydrogen-bond acceptors (Lipinski definition) is 4. The van der Waals surface area contributed by atoms with E-state index in [1.165, 1.54) is 33.1 Å². The summed E-state index contributed by atoms with van der Waals surface area (Å²) < 4.78 is 5.07. The number of carbonyl (C=O) groups is 3. The van der Waals surface area contributed by atoms with Gasteiger partial charge in [-0.3, -0.25) is 14.4 Å². The van der Waals surface area contributed by atoms with Crippen molar-refractivity contribution in [3.05, 3.63) is 47.0 Å². The summed E-state index contributed by atoms with van der Waals surface area (Å²) in [6.07, 6.45) is 0. The average molecular weight is 376 g/mol. The largest absolute Gasteiger partial charge is 0.495 e. The number of rotatable bonds is 5. The number of anilines is 3. The van der Waals surface area contributed by atoms with Crippen molar-refractivity contribution in [2.75, 3.05) is 23.1 Å². The van der Waals surface area contributed by atoms with Crippen LogP contribution in [0.2, 0.25) is 5.02 Å². The van der Waals surface area contributed by atoms with Gasteiger partial charge in [0, 0.05) is 36.5 Å². The van der Waals surface area contributed by atoms with Gasteiger partial charge in [-0.2, -0.15) is 0 Å². The smallest absolute Gasteiger partial charge is 0.255 e. The zero-order chi connectivity index (χ0) is 19.3. The highest BCUT2D eigenvalue weighted by Crippen LogP contribution is 2.28. The molecule has 0 aliphatic carbocycles. The highest BCUT2D eigenvalue weighted by molar-refractivity contribution is 6.32. The van der Waals surface area contributed by atoms with Gasteiger partial charge in [-0.05, 0) is 36.4 Å². The number of carbonyl (C=O) groups excluding carboxylic acids is 3. The molecule has 0 radical (unpaired) electrons. The molecule has 2 aromatic rings. The Morgan fingerprint density at radius 1 is 0.846 bits per heavy atom. The lowest BCUT2D eigenvalue weighted by Crippen LogP contribution is -2.15. The minimum Gasteiger partial charge on any atom is -0.495 e. The van der Waals surface area contributed by atoms with Crippen molar-refractivity contribution in [3.8, 4) is 5.75 Å². The monoisotopic (exact) mass is 375 g/mol. The number of amides is 3. The van der Waals surface area contributed by atoms with E-state index in [-0.39, 0.29) is 17.4 Å². The van der Waals surface area contributed by atoms with E-state index in [4.69, 9.17) is 16.3 Å². The van der Waals surface area contributed by atoms with Crippen molar-refractivity contribution in [1.29, 1.82) is 0 Å². The lowest BCUT2D eigenvalue weighted by molar-refractivity contribution is -0.115. The Morgan fingerprint density at radius 3 is 1.88 bits per heavy atom. The van der Waals surface area contributed by atoms with Gasteiger partial charge in [0.15, 0.2) is 0 Å². The van der Waals surface area contributed by atoms with E-state index in [2.05, 4.69) is 16.0 Å². The molecule has 2 aromatic carbocycles. The van der Waals surface area contributed by atoms with Crippen LogP contribution in [-0.4, -0.2) is 24.8 Å². The van der Waals surface area contributed by atoms with Gasteiger partial charge in [0.25, 0.3) is 5.91 Å². The molecule has 8 heteroatoms. The summed E-state index contributed by atoms with van der Waals surface area (Å²) in [4.78, 5) is 35.1. The Hall–Kier alpha value is -3.06. The van der Waals surface area contributed by atoms with E-state index in [1.807, 2.05) is 0 Å². The highest BCUT2D eigenvalue weighted by atomic mass is 35.5. The van der Waals surface area contributed by atoms with Gasteiger partial charge in [-0.15, -0.1) is 0 Å². The van der Waals surface area contributed by atoms with Crippen LogP contribution >= 0.6 is 11.6 Å². The lowest BCUT2D eigenvalue weighted by Gasteiger charge is -2.12. The Morgan fingerprint density at radius 2 is 1.42 bits per heavy atom. The molecule has 0 heterocycles. The van der Waals surface area contributed by atoms with Gasteiger partial charge in [0.2, 0.25) is 11.8 Å². The van der Waals surface area contributed by atoms with Gasteiger partial charge < -0.3 is 20.7 Å². The summed E-state index contributed by atoms with van der Waals surface area (Å²) in [7, 11) is 1.50. The topological polar surface area (TPSA) is 96.5 Å². The molecule has 0 aromatic heterocycles. The summed E-state index contributed by atoms with van der Waals surface area (Å²) in [5.41, 5.74) is 1.52. The number of methoxy groups -OCH3 is 1. The number of benzene rings is 2. The quantitative estimate of drug-likeness (QED) is 0.744. The zero-order valence-electron chi connectivity index (χ0n) is 14.5. The average Bonchev–Trinajstić information content (AvgIpc) is 2.53. The van der Waals surface area contributed by atoms with Crippen LogP contribution in [0.4, 0.5) is 17.1 Å². The third-order valence-corrected chi connectivity index (χ3v) is 3.54. The van der Waals surface area contributed by atoms with Crippen molar-refractivity contribution in [2.45, 2.75) is 13.8 Å². The Kier molecular flexibility index (Phi) is 6.19. The third kappa shape index (κ3) is 5.22. The fourth-order valence-corrected chi connectivity index (χ4v) is 2.51. The molecular weight excluding hydrogens is 358 g/mol. The van der Waals surface area contributed by atoms with Crippen LogP contribution in [0.3, 0.4) is 0 Å². The molecule has 0 fully saturated rings. The lowest BCUT2D eigenvalue weighted by atomic mass is 10.1. The fourth-order valence-electron chi connectivity index (χ4n) is 2.26. The second-order valence-corrected chi connectivity index (χ2v) is 5.87. The van der Waals surface area contributed by atoms with E-state index in [9.17, 15) is 14.4 Å². The predicted molar refractivity (Wildman–Crippen MR) is 101 cm³/mol. The molecular formula is C18H18ClN3O4. The number of ether oxygens (including phenoxy) is 1. The number of halogens is 1. The molecule has 0 saturated heterocycles. The summed E-state index contributed by atoms with van der Waals surface area (Å²) >= 11 is 6.05. The summed E-state index contributed by atoms with van der Waals surface area (Å²) in [5.74, 6) is -0.521. The fraction of sp³-hybridized carbons (Fsp3) is 0.167. The van der Waals surface area contributed by atoms with Crippen LogP contribution in [-0.2, 0) is 9.59 Å². The van der Waals surface area contributed by atoms with Crippen molar-refractivity contribution >= 4 is 46.4 Å². The zero-order valence-corrected chi connectivity index (χ0v) is 15.2. The van der Waals surface area contributed by atoms with Gasteiger partial charge in [0.05, 0.1) is 12.1 Å². The molecule has 26 heavy (non-hydrogen) atoms. The Labute approximate surface area is 155 Å². The SMILES string of the molecule is COc1ccc(NC(=O)c2cc(NC(C)=O)cc(NC(C)=O)c2)cc1Cl. The van der Waals surface area contributed by atoms with Crippen molar-refractivity contribution in [3.63, 3.8) is 0 Å². The van der Waals surface area contributed by atoms with Gasteiger partial charge in [-0.25, -0.2) is 0 Å². The molecule has 0 unspecified atom stereocenters. The molecule has 0 saturated carbocycles. The third-order valence-electron chi connectivity index (χ3n) is 3.25. The molecule has 0 aliphatic rings. The predicted octanol–water partition coefficient (Wildman–Crippen LogP) is 3.52. The van der Waals surface area contributed by atoms with Crippen molar-refractivity contribution in [1.82, 2.24) is 0 Å². The minimum atomic E-state index is -0.426. The molecule has 0 atom stereocenters. The number of hydrogen-bond donors (Lipinski definition) is 3. The Bertz CT molecular complexity index is 833. The normalized spacial score (nSPS) is 10.0. The molecule has 2 rings (SSSR count). The maximum atomic E-state index is 12.5. The summed E-state index contributed by atoms with van der Waals surface area (Å²) in [6, 6.07) is 9.41. The van der Waals surface area contributed by atoms with Crippen LogP contribution in [0.5, 0.6) is 5.75 Å². The van der Waals surface area contributed by atoms with Crippen LogP contribution in [0, 0.1) is 0 Å². The molecule has 0 spiro atoms. The maximum Gasteiger partial charge on any atom is 0.255 e. The minimum absolute atomic E-state index is 0.256. The first-order chi connectivity index (χ1) is 12.3. The summed E-state index contributed by atoms with van der Waals surface area (Å²) in [6.45, 7) is 2.70. The second-order valence-electron chi connectivity index (χ2n) is 5.46. The summed E-state index contributed by atoms with van der Waals surface area (Å²) in [5, 5.41) is 8.25.